The highest BCUT2D eigenvalue weighted by atomic mass is 32.2. The number of nitrogens with zero attached hydrogens (tertiary/aromatic N) is 2. The summed E-state index contributed by atoms with van der Waals surface area (Å²) in [6.07, 6.45) is 9.88. The molecule has 0 aromatic carbocycles. The highest BCUT2D eigenvalue weighted by Crippen LogP contribution is 2.38. The topological polar surface area (TPSA) is 80.1 Å². The summed E-state index contributed by atoms with van der Waals surface area (Å²) in [5, 5.41) is 0. The van der Waals surface area contributed by atoms with E-state index in [0.717, 1.165) is 38.5 Å². The van der Waals surface area contributed by atoms with Crippen molar-refractivity contribution < 1.29 is 22.4 Å². The number of hydrogen-bond acceptors (Lipinski definition) is 5. The molecule has 0 saturated carbocycles. The van der Waals surface area contributed by atoms with Gasteiger partial charge in [-0.2, -0.15) is 0 Å². The molecular weight excluding hydrogens is 356 g/mol. The normalized spacial score (nSPS) is 30.7. The lowest BCUT2D eigenvalue weighted by molar-refractivity contribution is -0.0689. The lowest BCUT2D eigenvalue weighted by atomic mass is 9.98. The molecule has 4 heterocycles. The number of fused-ring (bicyclic) bond motifs is 2. The Morgan fingerprint density at radius 1 is 1.12 bits per heavy atom. The standard InChI is InChI=1S/C18H26N2O5S/c1-26(22,23)19-7-4-16(5-8-19)25-17-10-14-2-3-15(11-17)20(14)18(21)13-6-9-24-12-13/h6,9,12,14-17H,2-5,7-8,10-11H2,1H3/t14-,15+,17?. The fourth-order valence-corrected chi connectivity index (χ4v) is 5.55. The van der Waals surface area contributed by atoms with Crippen LogP contribution >= 0.6 is 0 Å². The zero-order valence-corrected chi connectivity index (χ0v) is 15.9. The van der Waals surface area contributed by atoms with E-state index in [1.54, 1.807) is 6.07 Å². The number of piperidine rings is 2. The number of sulfonamides is 1. The van der Waals surface area contributed by atoms with Crippen molar-refractivity contribution >= 4 is 15.9 Å². The highest BCUT2D eigenvalue weighted by molar-refractivity contribution is 7.88. The Balaban J connectivity index is 1.33. The molecule has 1 unspecified atom stereocenters. The van der Waals surface area contributed by atoms with E-state index >= 15 is 0 Å². The molecule has 1 aromatic rings. The van der Waals surface area contributed by atoms with E-state index in [4.69, 9.17) is 9.15 Å². The molecule has 1 aromatic heterocycles. The van der Waals surface area contributed by atoms with Gasteiger partial charge in [-0.15, -0.1) is 0 Å². The van der Waals surface area contributed by atoms with Crippen LogP contribution in [0, 0.1) is 0 Å². The van der Waals surface area contributed by atoms with Crippen LogP contribution in [0.1, 0.15) is 48.9 Å². The number of carbonyl (C=O) groups excluding carboxylic acids is 1. The molecule has 0 aliphatic carbocycles. The molecule has 7 nitrogen and oxygen atoms in total. The van der Waals surface area contributed by atoms with Crippen LogP contribution in [0.2, 0.25) is 0 Å². The number of ether oxygens (including phenoxy) is 1. The Kier molecular flexibility index (Phi) is 4.83. The Labute approximate surface area is 154 Å². The van der Waals surface area contributed by atoms with Gasteiger partial charge in [0.25, 0.3) is 5.91 Å². The minimum absolute atomic E-state index is 0.0613. The van der Waals surface area contributed by atoms with E-state index in [9.17, 15) is 13.2 Å². The van der Waals surface area contributed by atoms with Crippen LogP contribution in [-0.2, 0) is 14.8 Å². The fraction of sp³-hybridized carbons (Fsp3) is 0.722. The van der Waals surface area contributed by atoms with Crippen molar-refractivity contribution in [3.8, 4) is 0 Å². The van der Waals surface area contributed by atoms with Crippen molar-refractivity contribution in [2.45, 2.75) is 62.8 Å². The van der Waals surface area contributed by atoms with E-state index < -0.39 is 10.0 Å². The Morgan fingerprint density at radius 3 is 2.31 bits per heavy atom. The van der Waals surface area contributed by atoms with Gasteiger partial charge in [0, 0.05) is 25.2 Å². The van der Waals surface area contributed by atoms with Crippen LogP contribution in [-0.4, -0.2) is 67.2 Å². The lowest BCUT2D eigenvalue weighted by Gasteiger charge is -2.41. The van der Waals surface area contributed by atoms with Gasteiger partial charge < -0.3 is 14.1 Å². The smallest absolute Gasteiger partial charge is 0.257 e. The van der Waals surface area contributed by atoms with Crippen molar-refractivity contribution in [1.82, 2.24) is 9.21 Å². The van der Waals surface area contributed by atoms with Crippen LogP contribution in [0.3, 0.4) is 0 Å². The number of rotatable bonds is 4. The molecule has 3 aliphatic rings. The van der Waals surface area contributed by atoms with Crippen molar-refractivity contribution in [1.29, 1.82) is 0 Å². The molecule has 3 fully saturated rings. The van der Waals surface area contributed by atoms with Crippen molar-refractivity contribution in [3.63, 3.8) is 0 Å². The van der Waals surface area contributed by atoms with Crippen LogP contribution in [0.4, 0.5) is 0 Å². The Morgan fingerprint density at radius 2 is 1.77 bits per heavy atom. The molecule has 0 N–H and O–H groups in total. The van der Waals surface area contributed by atoms with Crippen molar-refractivity contribution in [2.75, 3.05) is 19.3 Å². The van der Waals surface area contributed by atoms with Gasteiger partial charge in [-0.1, -0.05) is 0 Å². The maximum absolute atomic E-state index is 12.7. The third kappa shape index (κ3) is 3.54. The fourth-order valence-electron chi connectivity index (χ4n) is 4.68. The first kappa shape index (κ1) is 18.0. The maximum atomic E-state index is 12.7. The SMILES string of the molecule is CS(=O)(=O)N1CCC(OC2C[C@H]3CC[C@@H](C2)N3C(=O)c2ccoc2)CC1. The molecule has 8 heteroatoms. The summed E-state index contributed by atoms with van der Waals surface area (Å²) < 4.78 is 36.1. The molecule has 2 bridgehead atoms. The minimum atomic E-state index is -3.10. The van der Waals surface area contributed by atoms with E-state index in [1.807, 2.05) is 4.90 Å². The van der Waals surface area contributed by atoms with Gasteiger partial charge in [0.1, 0.15) is 6.26 Å². The first-order chi connectivity index (χ1) is 12.4. The summed E-state index contributed by atoms with van der Waals surface area (Å²) in [6.45, 7) is 1.07. The van der Waals surface area contributed by atoms with Gasteiger partial charge >= 0.3 is 0 Å². The van der Waals surface area contributed by atoms with Crippen molar-refractivity contribution in [2.24, 2.45) is 0 Å². The zero-order valence-electron chi connectivity index (χ0n) is 15.0. The average Bonchev–Trinajstić information content (AvgIpc) is 3.21. The molecule has 1 amide bonds. The summed E-state index contributed by atoms with van der Waals surface area (Å²) in [4.78, 5) is 14.7. The second-order valence-electron chi connectivity index (χ2n) is 7.70. The molecule has 3 aliphatic heterocycles. The quantitative estimate of drug-likeness (QED) is 0.794. The van der Waals surface area contributed by atoms with E-state index in [0.29, 0.717) is 18.7 Å². The molecule has 144 valence electrons. The van der Waals surface area contributed by atoms with Gasteiger partial charge in [-0.3, -0.25) is 4.79 Å². The molecule has 26 heavy (non-hydrogen) atoms. The largest absolute Gasteiger partial charge is 0.472 e. The monoisotopic (exact) mass is 382 g/mol. The lowest BCUT2D eigenvalue weighted by Crippen LogP contribution is -2.49. The summed E-state index contributed by atoms with van der Waals surface area (Å²) in [5.41, 5.74) is 0.620. The van der Waals surface area contributed by atoms with Gasteiger partial charge in [0.05, 0.1) is 30.3 Å². The Hall–Kier alpha value is -1.38. The van der Waals surface area contributed by atoms with Gasteiger partial charge in [-0.25, -0.2) is 12.7 Å². The van der Waals surface area contributed by atoms with E-state index in [-0.39, 0.29) is 30.2 Å². The summed E-state index contributed by atoms with van der Waals surface area (Å²) in [7, 11) is -3.10. The third-order valence-corrected chi connectivity index (χ3v) is 7.25. The molecule has 3 saturated heterocycles. The number of amides is 1. The number of furan rings is 1. The van der Waals surface area contributed by atoms with Gasteiger partial charge in [-0.05, 0) is 44.6 Å². The average molecular weight is 382 g/mol. The summed E-state index contributed by atoms with van der Waals surface area (Å²) in [5.74, 6) is 0.0613. The minimum Gasteiger partial charge on any atom is -0.472 e. The molecule has 0 radical (unpaired) electrons. The van der Waals surface area contributed by atoms with Crippen LogP contribution in [0.5, 0.6) is 0 Å². The predicted octanol–water partition coefficient (Wildman–Crippen LogP) is 1.86. The van der Waals surface area contributed by atoms with Crippen molar-refractivity contribution in [3.05, 3.63) is 24.2 Å². The van der Waals surface area contributed by atoms with Crippen LogP contribution in [0.15, 0.2) is 23.0 Å². The zero-order chi connectivity index (χ0) is 18.3. The molecule has 4 rings (SSSR count). The third-order valence-electron chi connectivity index (χ3n) is 5.95. The first-order valence-electron chi connectivity index (χ1n) is 9.37. The second kappa shape index (κ2) is 6.98. The maximum Gasteiger partial charge on any atom is 0.257 e. The van der Waals surface area contributed by atoms with E-state index in [1.165, 1.54) is 23.1 Å². The van der Waals surface area contributed by atoms with Crippen LogP contribution in [0.25, 0.3) is 0 Å². The van der Waals surface area contributed by atoms with Crippen LogP contribution < -0.4 is 0 Å². The van der Waals surface area contributed by atoms with Gasteiger partial charge in [0.15, 0.2) is 0 Å². The second-order valence-corrected chi connectivity index (χ2v) is 9.68. The van der Waals surface area contributed by atoms with E-state index in [2.05, 4.69) is 0 Å². The number of hydrogen-bond donors (Lipinski definition) is 0. The predicted molar refractivity (Wildman–Crippen MR) is 95.2 cm³/mol. The molecule has 3 atom stereocenters. The summed E-state index contributed by atoms with van der Waals surface area (Å²) in [6, 6.07) is 2.19. The summed E-state index contributed by atoms with van der Waals surface area (Å²) >= 11 is 0. The molecule has 0 spiro atoms. The molecular formula is C18H26N2O5S. The Bertz CT molecular complexity index is 726. The number of carbonyl (C=O) groups is 1. The first-order valence-corrected chi connectivity index (χ1v) is 11.2. The van der Waals surface area contributed by atoms with Gasteiger partial charge in [0.2, 0.25) is 10.0 Å². The highest BCUT2D eigenvalue weighted by Gasteiger charge is 2.44.